The number of halogens is 1. The third-order valence-electron chi connectivity index (χ3n) is 4.23. The van der Waals surface area contributed by atoms with Crippen LogP contribution in [0, 0.1) is 0 Å². The maximum atomic E-state index is 12.2. The summed E-state index contributed by atoms with van der Waals surface area (Å²) in [6.07, 6.45) is 6.61. The Morgan fingerprint density at radius 1 is 1.11 bits per heavy atom. The molecule has 0 aliphatic carbocycles. The van der Waals surface area contributed by atoms with Crippen LogP contribution in [0.3, 0.4) is 0 Å². The van der Waals surface area contributed by atoms with Crippen molar-refractivity contribution in [3.8, 4) is 11.3 Å². The van der Waals surface area contributed by atoms with Gasteiger partial charge in [-0.15, -0.1) is 0 Å². The van der Waals surface area contributed by atoms with Crippen LogP contribution in [0.5, 0.6) is 0 Å². The van der Waals surface area contributed by atoms with Crippen LogP contribution in [0.2, 0.25) is 5.02 Å². The van der Waals surface area contributed by atoms with Gasteiger partial charge in [0.1, 0.15) is 0 Å². The van der Waals surface area contributed by atoms with E-state index in [1.165, 1.54) is 0 Å². The number of hydrogen-bond acceptors (Lipinski definition) is 3. The standard InChI is InChI=1S/C21H17ClN4O/c22-17-4-1-3-15(13-17)5-10-20(27)24-18-8-6-16(7-9-18)19-14-26-12-2-11-23-21(26)25-19/h1-4,6-9,11-14H,5,10H2,(H,24,27). The van der Waals surface area contributed by atoms with Crippen molar-refractivity contribution in [3.63, 3.8) is 0 Å². The normalized spacial score (nSPS) is 10.9. The summed E-state index contributed by atoms with van der Waals surface area (Å²) in [5, 5.41) is 3.61. The first-order valence-corrected chi connectivity index (χ1v) is 9.00. The van der Waals surface area contributed by atoms with Crippen LogP contribution in [0.4, 0.5) is 5.69 Å². The fourth-order valence-electron chi connectivity index (χ4n) is 2.87. The number of rotatable bonds is 5. The van der Waals surface area contributed by atoms with Gasteiger partial charge in [0.25, 0.3) is 0 Å². The predicted molar refractivity (Wildman–Crippen MR) is 107 cm³/mol. The Bertz CT molecular complexity index is 1060. The minimum Gasteiger partial charge on any atom is -0.326 e. The van der Waals surface area contributed by atoms with E-state index in [0.29, 0.717) is 23.6 Å². The summed E-state index contributed by atoms with van der Waals surface area (Å²) < 4.78 is 1.88. The van der Waals surface area contributed by atoms with Crippen LogP contribution >= 0.6 is 11.6 Å². The third kappa shape index (κ3) is 4.15. The Kier molecular flexibility index (Phi) is 4.85. The van der Waals surface area contributed by atoms with Crippen molar-refractivity contribution < 1.29 is 4.79 Å². The zero-order chi connectivity index (χ0) is 18.6. The predicted octanol–water partition coefficient (Wildman–Crippen LogP) is 4.62. The lowest BCUT2D eigenvalue weighted by Gasteiger charge is -2.06. The number of carbonyl (C=O) groups excluding carboxylic acids is 1. The van der Waals surface area contributed by atoms with E-state index in [9.17, 15) is 4.79 Å². The van der Waals surface area contributed by atoms with E-state index in [-0.39, 0.29) is 5.91 Å². The minimum atomic E-state index is -0.0281. The third-order valence-corrected chi connectivity index (χ3v) is 4.46. The van der Waals surface area contributed by atoms with Gasteiger partial charge in [0, 0.05) is 41.3 Å². The largest absolute Gasteiger partial charge is 0.326 e. The minimum absolute atomic E-state index is 0.0281. The zero-order valence-electron chi connectivity index (χ0n) is 14.5. The number of nitrogens with one attached hydrogen (secondary N) is 1. The van der Waals surface area contributed by atoms with Gasteiger partial charge in [0.05, 0.1) is 5.69 Å². The summed E-state index contributed by atoms with van der Waals surface area (Å²) in [6.45, 7) is 0. The molecule has 2 aromatic heterocycles. The first-order chi connectivity index (χ1) is 13.2. The first-order valence-electron chi connectivity index (χ1n) is 8.62. The van der Waals surface area contributed by atoms with E-state index in [4.69, 9.17) is 11.6 Å². The number of aromatic nitrogens is 3. The first kappa shape index (κ1) is 17.2. The number of imidazole rings is 1. The smallest absolute Gasteiger partial charge is 0.234 e. The molecule has 0 aliphatic rings. The molecule has 0 saturated heterocycles. The number of carbonyl (C=O) groups is 1. The monoisotopic (exact) mass is 376 g/mol. The van der Waals surface area contributed by atoms with Gasteiger partial charge >= 0.3 is 0 Å². The second-order valence-electron chi connectivity index (χ2n) is 6.21. The molecule has 1 amide bonds. The molecule has 0 bridgehead atoms. The number of fused-ring (bicyclic) bond motifs is 1. The highest BCUT2D eigenvalue weighted by Crippen LogP contribution is 2.21. The molecule has 6 heteroatoms. The van der Waals surface area contributed by atoms with E-state index in [1.807, 2.05) is 71.4 Å². The summed E-state index contributed by atoms with van der Waals surface area (Å²) >= 11 is 5.97. The molecular weight excluding hydrogens is 360 g/mol. The van der Waals surface area contributed by atoms with E-state index in [2.05, 4.69) is 15.3 Å². The Morgan fingerprint density at radius 3 is 2.74 bits per heavy atom. The van der Waals surface area contributed by atoms with E-state index >= 15 is 0 Å². The van der Waals surface area contributed by atoms with Gasteiger partial charge < -0.3 is 5.32 Å². The van der Waals surface area contributed by atoms with E-state index < -0.39 is 0 Å². The van der Waals surface area contributed by atoms with Gasteiger partial charge in [-0.2, -0.15) is 0 Å². The molecule has 4 rings (SSSR count). The van der Waals surface area contributed by atoms with Gasteiger partial charge in [0.2, 0.25) is 11.7 Å². The lowest BCUT2D eigenvalue weighted by Crippen LogP contribution is -2.12. The Balaban J connectivity index is 1.39. The fraction of sp³-hybridized carbons (Fsp3) is 0.0952. The number of amides is 1. The highest BCUT2D eigenvalue weighted by atomic mass is 35.5. The molecule has 0 atom stereocenters. The van der Waals surface area contributed by atoms with Crippen molar-refractivity contribution in [2.75, 3.05) is 5.32 Å². The molecular formula is C21H17ClN4O. The highest BCUT2D eigenvalue weighted by molar-refractivity contribution is 6.30. The lowest BCUT2D eigenvalue weighted by molar-refractivity contribution is -0.116. The molecule has 0 radical (unpaired) electrons. The van der Waals surface area contributed by atoms with Crippen LogP contribution in [0.1, 0.15) is 12.0 Å². The molecule has 5 nitrogen and oxygen atoms in total. The average Bonchev–Trinajstić information content (AvgIpc) is 3.11. The summed E-state index contributed by atoms with van der Waals surface area (Å²) in [6, 6.07) is 17.1. The van der Waals surface area contributed by atoms with Crippen LogP contribution in [-0.2, 0) is 11.2 Å². The van der Waals surface area contributed by atoms with Crippen molar-refractivity contribution in [2.45, 2.75) is 12.8 Å². The lowest BCUT2D eigenvalue weighted by atomic mass is 10.1. The van der Waals surface area contributed by atoms with Gasteiger partial charge in [-0.3, -0.25) is 9.20 Å². The molecule has 2 heterocycles. The molecule has 2 aromatic carbocycles. The van der Waals surface area contributed by atoms with E-state index in [1.54, 1.807) is 6.20 Å². The Morgan fingerprint density at radius 2 is 1.96 bits per heavy atom. The molecule has 1 N–H and O–H groups in total. The number of hydrogen-bond donors (Lipinski definition) is 1. The van der Waals surface area contributed by atoms with E-state index in [0.717, 1.165) is 22.5 Å². The average molecular weight is 377 g/mol. The summed E-state index contributed by atoms with van der Waals surface area (Å²) in [7, 11) is 0. The SMILES string of the molecule is O=C(CCc1cccc(Cl)c1)Nc1ccc(-c2cn3cccnc3n2)cc1. The van der Waals surface area contributed by atoms with Crippen LogP contribution in [-0.4, -0.2) is 20.3 Å². The van der Waals surface area contributed by atoms with Gasteiger partial charge in [0.15, 0.2) is 0 Å². The highest BCUT2D eigenvalue weighted by Gasteiger charge is 2.07. The van der Waals surface area contributed by atoms with Crippen molar-refractivity contribution in [1.82, 2.24) is 14.4 Å². The quantitative estimate of drug-likeness (QED) is 0.552. The molecule has 0 spiro atoms. The van der Waals surface area contributed by atoms with Crippen LogP contribution in [0.25, 0.3) is 17.0 Å². The number of anilines is 1. The topological polar surface area (TPSA) is 59.3 Å². The maximum absolute atomic E-state index is 12.2. The molecule has 27 heavy (non-hydrogen) atoms. The molecule has 0 unspecified atom stereocenters. The Labute approximate surface area is 161 Å². The van der Waals surface area contributed by atoms with Crippen molar-refractivity contribution in [3.05, 3.63) is 83.8 Å². The maximum Gasteiger partial charge on any atom is 0.234 e. The molecule has 0 fully saturated rings. The van der Waals surface area contributed by atoms with Gasteiger partial charge in [-0.05, 0) is 42.3 Å². The van der Waals surface area contributed by atoms with Crippen molar-refractivity contribution in [2.24, 2.45) is 0 Å². The van der Waals surface area contributed by atoms with Crippen LogP contribution < -0.4 is 5.32 Å². The van der Waals surface area contributed by atoms with Crippen molar-refractivity contribution in [1.29, 1.82) is 0 Å². The second kappa shape index (κ2) is 7.60. The van der Waals surface area contributed by atoms with Gasteiger partial charge in [-0.25, -0.2) is 9.97 Å². The van der Waals surface area contributed by atoms with Crippen molar-refractivity contribution >= 4 is 29.0 Å². The Hall–Kier alpha value is -3.18. The van der Waals surface area contributed by atoms with Crippen LogP contribution in [0.15, 0.2) is 73.2 Å². The molecule has 0 saturated carbocycles. The molecule has 0 aliphatic heterocycles. The second-order valence-corrected chi connectivity index (χ2v) is 6.64. The molecule has 134 valence electrons. The zero-order valence-corrected chi connectivity index (χ0v) is 15.2. The molecule has 4 aromatic rings. The van der Waals surface area contributed by atoms with Gasteiger partial charge in [-0.1, -0.05) is 35.9 Å². The number of aryl methyl sites for hydroxylation is 1. The summed E-state index contributed by atoms with van der Waals surface area (Å²) in [4.78, 5) is 20.9. The fourth-order valence-corrected chi connectivity index (χ4v) is 3.08. The summed E-state index contributed by atoms with van der Waals surface area (Å²) in [5.74, 6) is 0.630. The number of nitrogens with zero attached hydrogens (tertiary/aromatic N) is 3. The number of benzene rings is 2. The summed E-state index contributed by atoms with van der Waals surface area (Å²) in [5.41, 5.74) is 3.62.